The topological polar surface area (TPSA) is 96.0 Å². The third kappa shape index (κ3) is 8.32. The van der Waals surface area contributed by atoms with Crippen molar-refractivity contribution in [1.29, 1.82) is 0 Å². The summed E-state index contributed by atoms with van der Waals surface area (Å²) in [6, 6.07) is 32.4. The third-order valence-corrected chi connectivity index (χ3v) is 7.13. The van der Waals surface area contributed by atoms with Crippen molar-refractivity contribution >= 4 is 16.9 Å². The minimum atomic E-state index is -0.289. The van der Waals surface area contributed by atoms with Crippen LogP contribution in [0.5, 0.6) is 5.75 Å². The normalized spacial score (nSPS) is 11.1. The van der Waals surface area contributed by atoms with Gasteiger partial charge in [-0.25, -0.2) is 0 Å². The summed E-state index contributed by atoms with van der Waals surface area (Å²) in [5.74, 6) is 1.22. The van der Waals surface area contributed by atoms with Gasteiger partial charge in [-0.2, -0.15) is 0 Å². The summed E-state index contributed by atoms with van der Waals surface area (Å²) in [5, 5.41) is 4.48. The van der Waals surface area contributed by atoms with Gasteiger partial charge >= 0.3 is 5.97 Å². The van der Waals surface area contributed by atoms with Crippen LogP contribution in [-0.2, 0) is 46.9 Å². The molecule has 43 heavy (non-hydrogen) atoms. The summed E-state index contributed by atoms with van der Waals surface area (Å²) in [5.41, 5.74) is 12.8. The van der Waals surface area contributed by atoms with Gasteiger partial charge in [0.05, 0.1) is 19.6 Å². The number of benzene rings is 4. The molecule has 0 unspecified atom stereocenters. The largest absolute Gasteiger partial charge is 0.489 e. The summed E-state index contributed by atoms with van der Waals surface area (Å²) in [6.07, 6.45) is 0.804. The molecule has 0 fully saturated rings. The van der Waals surface area contributed by atoms with Crippen molar-refractivity contribution in [3.05, 3.63) is 125 Å². The molecule has 4 aromatic carbocycles. The van der Waals surface area contributed by atoms with Gasteiger partial charge in [-0.05, 0) is 52.6 Å². The second kappa shape index (κ2) is 15.2. The van der Waals surface area contributed by atoms with Crippen molar-refractivity contribution < 1.29 is 23.4 Å². The number of esters is 1. The quantitative estimate of drug-likeness (QED) is 0.107. The Labute approximate surface area is 252 Å². The Morgan fingerprint density at radius 1 is 0.837 bits per heavy atom. The lowest BCUT2D eigenvalue weighted by atomic mass is 9.99. The van der Waals surface area contributed by atoms with E-state index in [0.29, 0.717) is 45.1 Å². The molecule has 0 saturated carbocycles. The fourth-order valence-corrected chi connectivity index (χ4v) is 4.99. The van der Waals surface area contributed by atoms with E-state index in [9.17, 15) is 4.79 Å². The van der Waals surface area contributed by atoms with Crippen molar-refractivity contribution in [3.8, 4) is 16.9 Å². The van der Waals surface area contributed by atoms with E-state index in [0.717, 1.165) is 51.1 Å². The zero-order valence-corrected chi connectivity index (χ0v) is 24.5. The number of methoxy groups -OCH3 is 1. The number of ether oxygens (including phenoxy) is 3. The van der Waals surface area contributed by atoms with Crippen LogP contribution < -0.4 is 15.8 Å². The average molecular weight is 579 g/mol. The Morgan fingerprint density at radius 3 is 2.49 bits per heavy atom. The molecule has 7 heteroatoms. The van der Waals surface area contributed by atoms with Gasteiger partial charge in [0.2, 0.25) is 0 Å². The van der Waals surface area contributed by atoms with E-state index in [-0.39, 0.29) is 12.4 Å². The van der Waals surface area contributed by atoms with Crippen molar-refractivity contribution in [2.45, 2.75) is 39.1 Å². The molecule has 1 aromatic heterocycles. The number of furan rings is 1. The van der Waals surface area contributed by atoms with E-state index in [1.54, 1.807) is 7.11 Å². The Hall–Kier alpha value is -4.43. The van der Waals surface area contributed by atoms with Gasteiger partial charge in [0, 0.05) is 49.7 Å². The number of hydrogen-bond donors (Lipinski definition) is 2. The van der Waals surface area contributed by atoms with Crippen LogP contribution in [0.15, 0.2) is 101 Å². The maximum absolute atomic E-state index is 12.4. The number of rotatable bonds is 15. The van der Waals surface area contributed by atoms with Gasteiger partial charge in [0.15, 0.2) is 0 Å². The molecule has 0 atom stereocenters. The molecule has 0 aliphatic heterocycles. The number of carbonyl (C=O) groups is 1. The molecule has 1 heterocycles. The Kier molecular flexibility index (Phi) is 10.6. The molecule has 5 rings (SSSR count). The molecule has 3 N–H and O–H groups in total. The summed E-state index contributed by atoms with van der Waals surface area (Å²) in [6.45, 7) is 3.02. The number of nitrogens with two attached hydrogens (primary N) is 1. The van der Waals surface area contributed by atoms with Crippen molar-refractivity contribution in [1.82, 2.24) is 5.32 Å². The lowest BCUT2D eigenvalue weighted by molar-refractivity contribution is -0.143. The van der Waals surface area contributed by atoms with Crippen LogP contribution in [0.3, 0.4) is 0 Å². The van der Waals surface area contributed by atoms with Crippen LogP contribution in [-0.4, -0.2) is 26.3 Å². The zero-order valence-electron chi connectivity index (χ0n) is 24.5. The predicted molar refractivity (Wildman–Crippen MR) is 168 cm³/mol. The van der Waals surface area contributed by atoms with Crippen LogP contribution in [0.4, 0.5) is 0 Å². The molecular formula is C36H38N2O5. The molecular weight excluding hydrogens is 540 g/mol. The highest BCUT2D eigenvalue weighted by Crippen LogP contribution is 2.34. The minimum Gasteiger partial charge on any atom is -0.489 e. The van der Waals surface area contributed by atoms with E-state index in [2.05, 4.69) is 47.8 Å². The standard InChI is InChI=1S/C36H38N2O5/c1-40-15-8-16-41-35(39)21-30-12-5-6-14-34(30)42-25-28-18-31-20-32(24-38-23-26-9-3-2-4-10-26)43-36(31)33(19-28)29-13-7-11-27(17-29)22-37/h2-7,9-14,17-20,38H,8,15-16,21-25,37H2,1H3. The van der Waals surface area contributed by atoms with Crippen LogP contribution in [0.1, 0.15) is 34.4 Å². The second-order valence-electron chi connectivity index (χ2n) is 10.4. The molecule has 0 saturated heterocycles. The molecule has 0 aliphatic rings. The predicted octanol–water partition coefficient (Wildman–Crippen LogP) is 6.55. The first-order valence-corrected chi connectivity index (χ1v) is 14.6. The van der Waals surface area contributed by atoms with Crippen molar-refractivity contribution in [2.24, 2.45) is 5.73 Å². The van der Waals surface area contributed by atoms with Gasteiger partial charge in [-0.1, -0.05) is 66.7 Å². The molecule has 0 spiro atoms. The Balaban J connectivity index is 1.35. The van der Waals surface area contributed by atoms with Crippen LogP contribution >= 0.6 is 0 Å². The van der Waals surface area contributed by atoms with Crippen LogP contribution in [0, 0.1) is 0 Å². The van der Waals surface area contributed by atoms with E-state index in [4.69, 9.17) is 24.4 Å². The third-order valence-electron chi connectivity index (χ3n) is 7.13. The van der Waals surface area contributed by atoms with Crippen molar-refractivity contribution in [3.63, 3.8) is 0 Å². The first-order valence-electron chi connectivity index (χ1n) is 14.6. The fraction of sp³-hybridized carbons (Fsp3) is 0.250. The molecule has 0 bridgehead atoms. The van der Waals surface area contributed by atoms with Crippen LogP contribution in [0.2, 0.25) is 0 Å². The van der Waals surface area contributed by atoms with E-state index in [1.165, 1.54) is 5.56 Å². The maximum atomic E-state index is 12.4. The number of para-hydroxylation sites is 1. The average Bonchev–Trinajstić information content (AvgIpc) is 3.45. The lowest BCUT2D eigenvalue weighted by Gasteiger charge is -2.13. The summed E-state index contributed by atoms with van der Waals surface area (Å²) in [7, 11) is 1.63. The second-order valence-corrected chi connectivity index (χ2v) is 10.4. The van der Waals surface area contributed by atoms with Gasteiger partial charge in [0.1, 0.15) is 23.7 Å². The molecule has 5 aromatic rings. The summed E-state index contributed by atoms with van der Waals surface area (Å²) >= 11 is 0. The van der Waals surface area contributed by atoms with Crippen molar-refractivity contribution in [2.75, 3.05) is 20.3 Å². The van der Waals surface area contributed by atoms with Gasteiger partial charge in [-0.3, -0.25) is 4.79 Å². The Bertz CT molecular complexity index is 1630. The number of fused-ring (bicyclic) bond motifs is 1. The van der Waals surface area contributed by atoms with E-state index in [1.807, 2.05) is 54.6 Å². The maximum Gasteiger partial charge on any atom is 0.310 e. The van der Waals surface area contributed by atoms with Gasteiger partial charge in [-0.15, -0.1) is 0 Å². The number of nitrogens with one attached hydrogen (secondary N) is 1. The lowest BCUT2D eigenvalue weighted by Crippen LogP contribution is -2.11. The molecule has 0 amide bonds. The van der Waals surface area contributed by atoms with Gasteiger partial charge in [0.25, 0.3) is 0 Å². The minimum absolute atomic E-state index is 0.139. The SMILES string of the molecule is COCCCOC(=O)Cc1ccccc1OCc1cc(-c2cccc(CN)c2)c2oc(CNCc3ccccc3)cc2c1. The summed E-state index contributed by atoms with van der Waals surface area (Å²) in [4.78, 5) is 12.4. The molecule has 7 nitrogen and oxygen atoms in total. The monoisotopic (exact) mass is 578 g/mol. The van der Waals surface area contributed by atoms with Gasteiger partial charge < -0.3 is 29.7 Å². The molecule has 222 valence electrons. The zero-order chi connectivity index (χ0) is 29.9. The van der Waals surface area contributed by atoms with E-state index < -0.39 is 0 Å². The highest BCUT2D eigenvalue weighted by Gasteiger charge is 2.15. The Morgan fingerprint density at radius 2 is 1.65 bits per heavy atom. The highest BCUT2D eigenvalue weighted by atomic mass is 16.5. The first kappa shape index (κ1) is 30.0. The number of carbonyl (C=O) groups excluding carboxylic acids is 1. The summed E-state index contributed by atoms with van der Waals surface area (Å²) < 4.78 is 23.1. The molecule has 0 aliphatic carbocycles. The fourth-order valence-electron chi connectivity index (χ4n) is 4.99. The number of hydrogen-bond acceptors (Lipinski definition) is 7. The smallest absolute Gasteiger partial charge is 0.310 e. The first-order chi connectivity index (χ1) is 21.1. The molecule has 0 radical (unpaired) electrons. The van der Waals surface area contributed by atoms with Crippen LogP contribution in [0.25, 0.3) is 22.1 Å². The highest BCUT2D eigenvalue weighted by molar-refractivity contribution is 5.93. The van der Waals surface area contributed by atoms with E-state index >= 15 is 0 Å².